The highest BCUT2D eigenvalue weighted by molar-refractivity contribution is 6.30. The van der Waals surface area contributed by atoms with Gasteiger partial charge < -0.3 is 4.74 Å². The van der Waals surface area contributed by atoms with Gasteiger partial charge in [0, 0.05) is 10.6 Å². The van der Waals surface area contributed by atoms with Gasteiger partial charge in [-0.3, -0.25) is 0 Å². The molecule has 1 atom stereocenters. The number of benzene rings is 2. The van der Waals surface area contributed by atoms with Crippen molar-refractivity contribution in [2.24, 2.45) is 0 Å². The molecule has 0 radical (unpaired) electrons. The summed E-state index contributed by atoms with van der Waals surface area (Å²) < 4.78 is 31.3. The lowest BCUT2D eigenvalue weighted by Crippen LogP contribution is -1.99. The van der Waals surface area contributed by atoms with Gasteiger partial charge in [0.05, 0.1) is 12.5 Å². The molecule has 0 bridgehead atoms. The zero-order valence-corrected chi connectivity index (χ0v) is 11.5. The maximum atomic E-state index is 13.2. The fourth-order valence-corrected chi connectivity index (χ4v) is 2.22. The van der Waals surface area contributed by atoms with E-state index in [1.165, 1.54) is 13.2 Å². The van der Waals surface area contributed by atoms with Gasteiger partial charge in [-0.2, -0.15) is 0 Å². The van der Waals surface area contributed by atoms with Crippen molar-refractivity contribution in [2.45, 2.75) is 5.38 Å². The largest absolute Gasteiger partial charge is 0.496 e. The summed E-state index contributed by atoms with van der Waals surface area (Å²) in [7, 11) is 1.49. The molecule has 0 aliphatic heterocycles. The van der Waals surface area contributed by atoms with Crippen molar-refractivity contribution < 1.29 is 13.5 Å². The van der Waals surface area contributed by atoms with Crippen LogP contribution in [-0.2, 0) is 0 Å². The lowest BCUT2D eigenvalue weighted by Gasteiger charge is -2.15. The molecule has 100 valence electrons. The molecular formula is C14H10Cl2F2O. The number of alkyl halides is 1. The highest BCUT2D eigenvalue weighted by Crippen LogP contribution is 2.36. The number of halogens is 4. The highest BCUT2D eigenvalue weighted by Gasteiger charge is 2.17. The molecule has 2 aromatic rings. The van der Waals surface area contributed by atoms with Crippen molar-refractivity contribution in [3.05, 3.63) is 64.2 Å². The van der Waals surface area contributed by atoms with E-state index in [0.29, 0.717) is 21.9 Å². The molecule has 0 saturated heterocycles. The molecule has 5 heteroatoms. The molecule has 0 amide bonds. The van der Waals surface area contributed by atoms with Crippen LogP contribution < -0.4 is 4.74 Å². The smallest absolute Gasteiger partial charge is 0.159 e. The molecule has 1 nitrogen and oxygen atoms in total. The normalized spacial score (nSPS) is 12.3. The molecule has 1 unspecified atom stereocenters. The lowest BCUT2D eigenvalue weighted by molar-refractivity contribution is 0.410. The van der Waals surface area contributed by atoms with Gasteiger partial charge >= 0.3 is 0 Å². The summed E-state index contributed by atoms with van der Waals surface area (Å²) >= 11 is 12.1. The molecule has 0 fully saturated rings. The van der Waals surface area contributed by atoms with Gasteiger partial charge in [0.15, 0.2) is 11.6 Å². The van der Waals surface area contributed by atoms with Crippen molar-refractivity contribution in [3.8, 4) is 5.75 Å². The Morgan fingerprint density at radius 2 is 1.79 bits per heavy atom. The van der Waals surface area contributed by atoms with Crippen LogP contribution in [0.25, 0.3) is 0 Å². The molecule has 0 saturated carbocycles. The van der Waals surface area contributed by atoms with E-state index in [1.54, 1.807) is 18.2 Å². The molecular weight excluding hydrogens is 293 g/mol. The fourth-order valence-electron chi connectivity index (χ4n) is 1.74. The summed E-state index contributed by atoms with van der Waals surface area (Å²) in [4.78, 5) is 0. The molecule has 0 N–H and O–H groups in total. The Hall–Kier alpha value is -1.32. The van der Waals surface area contributed by atoms with Crippen LogP contribution in [0.3, 0.4) is 0 Å². The first-order valence-corrected chi connectivity index (χ1v) is 6.27. The third kappa shape index (κ3) is 2.99. The Bertz CT molecular complexity index is 602. The van der Waals surface area contributed by atoms with Crippen molar-refractivity contribution in [1.29, 1.82) is 0 Å². The van der Waals surface area contributed by atoms with E-state index in [2.05, 4.69) is 0 Å². The van der Waals surface area contributed by atoms with E-state index in [1.807, 2.05) is 0 Å². The van der Waals surface area contributed by atoms with E-state index in [-0.39, 0.29) is 0 Å². The Morgan fingerprint density at radius 3 is 2.42 bits per heavy atom. The van der Waals surface area contributed by atoms with Gasteiger partial charge in [-0.05, 0) is 29.8 Å². The van der Waals surface area contributed by atoms with Crippen LogP contribution >= 0.6 is 23.2 Å². The topological polar surface area (TPSA) is 9.23 Å². The minimum Gasteiger partial charge on any atom is -0.496 e. The first kappa shape index (κ1) is 14.1. The summed E-state index contributed by atoms with van der Waals surface area (Å²) in [6.45, 7) is 0. The molecule has 2 rings (SSSR count). The molecule has 0 heterocycles. The van der Waals surface area contributed by atoms with Gasteiger partial charge in [0.2, 0.25) is 0 Å². The molecule has 0 aliphatic carbocycles. The first-order valence-electron chi connectivity index (χ1n) is 5.45. The third-order valence-corrected chi connectivity index (χ3v) is 3.43. The van der Waals surface area contributed by atoms with Gasteiger partial charge in [-0.1, -0.05) is 23.7 Å². The zero-order chi connectivity index (χ0) is 14.0. The number of methoxy groups -OCH3 is 1. The maximum Gasteiger partial charge on any atom is 0.159 e. The molecule has 19 heavy (non-hydrogen) atoms. The third-order valence-electron chi connectivity index (χ3n) is 2.70. The van der Waals surface area contributed by atoms with Crippen LogP contribution in [0.1, 0.15) is 16.5 Å². The molecule has 0 aliphatic rings. The van der Waals surface area contributed by atoms with Gasteiger partial charge in [0.25, 0.3) is 0 Å². The Morgan fingerprint density at radius 1 is 1.05 bits per heavy atom. The van der Waals surface area contributed by atoms with Crippen LogP contribution in [0.2, 0.25) is 5.02 Å². The van der Waals surface area contributed by atoms with E-state index in [4.69, 9.17) is 27.9 Å². The standard InChI is InChI=1S/C14H10Cl2F2O/c1-19-13-7-9(15)3-4-10(13)14(16)8-2-5-11(17)12(18)6-8/h2-7,14H,1H3. The number of hydrogen-bond donors (Lipinski definition) is 0. The summed E-state index contributed by atoms with van der Waals surface area (Å²) in [5.41, 5.74) is 1.08. The maximum absolute atomic E-state index is 13.2. The molecule has 2 aromatic carbocycles. The lowest BCUT2D eigenvalue weighted by atomic mass is 10.0. The Labute approximate surface area is 119 Å². The van der Waals surface area contributed by atoms with Crippen molar-refractivity contribution in [1.82, 2.24) is 0 Å². The SMILES string of the molecule is COc1cc(Cl)ccc1C(Cl)c1ccc(F)c(F)c1. The van der Waals surface area contributed by atoms with Crippen LogP contribution in [0.5, 0.6) is 5.75 Å². The summed E-state index contributed by atoms with van der Waals surface area (Å²) in [6, 6.07) is 8.52. The summed E-state index contributed by atoms with van der Waals surface area (Å²) in [6.07, 6.45) is 0. The van der Waals surface area contributed by atoms with E-state index >= 15 is 0 Å². The van der Waals surface area contributed by atoms with E-state index in [9.17, 15) is 8.78 Å². The minimum atomic E-state index is -0.934. The summed E-state index contributed by atoms with van der Waals surface area (Å²) in [5, 5.41) is -0.142. The fraction of sp³-hybridized carbons (Fsp3) is 0.143. The second-order valence-electron chi connectivity index (χ2n) is 3.92. The van der Waals surface area contributed by atoms with E-state index < -0.39 is 17.0 Å². The average molecular weight is 303 g/mol. The second-order valence-corrected chi connectivity index (χ2v) is 4.80. The van der Waals surface area contributed by atoms with Crippen LogP contribution in [-0.4, -0.2) is 7.11 Å². The van der Waals surface area contributed by atoms with Gasteiger partial charge in [-0.15, -0.1) is 11.6 Å². The van der Waals surface area contributed by atoms with Crippen molar-refractivity contribution in [3.63, 3.8) is 0 Å². The average Bonchev–Trinajstić information content (AvgIpc) is 2.41. The van der Waals surface area contributed by atoms with Gasteiger partial charge in [0.1, 0.15) is 5.75 Å². The van der Waals surface area contributed by atoms with Crippen LogP contribution in [0, 0.1) is 11.6 Å². The number of ether oxygens (including phenoxy) is 1. The number of rotatable bonds is 3. The second kappa shape index (κ2) is 5.76. The van der Waals surface area contributed by atoms with Gasteiger partial charge in [-0.25, -0.2) is 8.78 Å². The first-order chi connectivity index (χ1) is 9.02. The Balaban J connectivity index is 2.43. The van der Waals surface area contributed by atoms with Crippen molar-refractivity contribution in [2.75, 3.05) is 7.11 Å². The minimum absolute atomic E-state index is 0.446. The van der Waals surface area contributed by atoms with Crippen LogP contribution in [0.4, 0.5) is 8.78 Å². The van der Waals surface area contributed by atoms with E-state index in [0.717, 1.165) is 12.1 Å². The molecule has 0 spiro atoms. The Kier molecular flexibility index (Phi) is 4.27. The van der Waals surface area contributed by atoms with Crippen molar-refractivity contribution >= 4 is 23.2 Å². The quantitative estimate of drug-likeness (QED) is 0.729. The predicted octanol–water partition coefficient (Wildman–Crippen LogP) is 4.96. The number of hydrogen-bond acceptors (Lipinski definition) is 1. The highest BCUT2D eigenvalue weighted by atomic mass is 35.5. The zero-order valence-electron chi connectivity index (χ0n) is 9.96. The molecule has 0 aromatic heterocycles. The van der Waals surface area contributed by atoms with Crippen LogP contribution in [0.15, 0.2) is 36.4 Å². The predicted molar refractivity (Wildman–Crippen MR) is 72.1 cm³/mol. The summed E-state index contributed by atoms with van der Waals surface area (Å²) in [5.74, 6) is -1.34. The monoisotopic (exact) mass is 302 g/mol.